The number of nitrogens with one attached hydrogen (secondary N) is 1. The van der Waals surface area contributed by atoms with E-state index in [-0.39, 0.29) is 5.69 Å². The van der Waals surface area contributed by atoms with Crippen LogP contribution < -0.4 is 10.2 Å². The van der Waals surface area contributed by atoms with Crippen molar-refractivity contribution in [3.63, 3.8) is 0 Å². The first-order chi connectivity index (χ1) is 12.5. The summed E-state index contributed by atoms with van der Waals surface area (Å²) in [5.41, 5.74) is 1.13. The van der Waals surface area contributed by atoms with Crippen LogP contribution in [0, 0.1) is 17.5 Å². The molecule has 1 N–H and O–H groups in total. The monoisotopic (exact) mass is 357 g/mol. The number of carbonyl (C=O) groups is 1. The predicted molar refractivity (Wildman–Crippen MR) is 93.0 cm³/mol. The highest BCUT2D eigenvalue weighted by Gasteiger charge is 2.17. The van der Waals surface area contributed by atoms with Gasteiger partial charge in [0, 0.05) is 24.6 Å². The fraction of sp³-hybridized carbons (Fsp3) is 0.0526. The third-order valence-electron chi connectivity index (χ3n) is 3.79. The van der Waals surface area contributed by atoms with Gasteiger partial charge in [-0.05, 0) is 36.4 Å². The van der Waals surface area contributed by atoms with Crippen molar-refractivity contribution in [2.75, 3.05) is 17.3 Å². The van der Waals surface area contributed by atoms with E-state index in [9.17, 15) is 18.0 Å². The van der Waals surface area contributed by atoms with Crippen molar-refractivity contribution in [2.24, 2.45) is 0 Å². The van der Waals surface area contributed by atoms with E-state index in [0.29, 0.717) is 5.69 Å². The fourth-order valence-electron chi connectivity index (χ4n) is 2.36. The van der Waals surface area contributed by atoms with Crippen LogP contribution in [0.15, 0.2) is 60.8 Å². The summed E-state index contributed by atoms with van der Waals surface area (Å²) in [6.45, 7) is 0. The summed E-state index contributed by atoms with van der Waals surface area (Å²) in [5.74, 6) is -5.17. The Morgan fingerprint density at radius 2 is 1.69 bits per heavy atom. The number of carbonyl (C=O) groups excluding carboxylic acids is 1. The molecule has 7 heteroatoms. The summed E-state index contributed by atoms with van der Waals surface area (Å²) < 4.78 is 40.0. The van der Waals surface area contributed by atoms with Crippen molar-refractivity contribution in [3.8, 4) is 0 Å². The average Bonchev–Trinajstić information content (AvgIpc) is 2.68. The molecule has 3 rings (SSSR count). The van der Waals surface area contributed by atoms with E-state index in [0.717, 1.165) is 17.8 Å². The molecule has 132 valence electrons. The Kier molecular flexibility index (Phi) is 4.88. The van der Waals surface area contributed by atoms with Gasteiger partial charge in [-0.2, -0.15) is 0 Å². The second-order valence-corrected chi connectivity index (χ2v) is 5.47. The molecule has 3 aromatic rings. The molecule has 0 fully saturated rings. The van der Waals surface area contributed by atoms with E-state index in [1.807, 2.05) is 42.3 Å². The van der Waals surface area contributed by atoms with Crippen LogP contribution in [0.2, 0.25) is 0 Å². The minimum atomic E-state index is -1.65. The number of hydrogen-bond donors (Lipinski definition) is 1. The number of halogens is 3. The topological polar surface area (TPSA) is 45.2 Å². The van der Waals surface area contributed by atoms with Gasteiger partial charge in [0.1, 0.15) is 5.69 Å². The van der Waals surface area contributed by atoms with Crippen molar-refractivity contribution in [3.05, 3.63) is 83.9 Å². The Bertz CT molecular complexity index is 948. The van der Waals surface area contributed by atoms with E-state index >= 15 is 0 Å². The van der Waals surface area contributed by atoms with E-state index in [2.05, 4.69) is 10.3 Å². The largest absolute Gasteiger partial charge is 0.345 e. The lowest BCUT2D eigenvalue weighted by Crippen LogP contribution is -2.17. The molecule has 0 bridgehead atoms. The molecule has 26 heavy (non-hydrogen) atoms. The molecule has 0 atom stereocenters. The number of aromatic nitrogens is 1. The standard InChI is InChI=1S/C19H14F3N3O/c1-25(12-5-3-2-4-6-12)13-9-10-23-16(11-13)19(26)24-15-8-7-14(20)17(21)18(15)22/h2-11H,1H3,(H,24,26). The van der Waals surface area contributed by atoms with Gasteiger partial charge in [0.2, 0.25) is 0 Å². The van der Waals surface area contributed by atoms with Gasteiger partial charge in [-0.1, -0.05) is 18.2 Å². The Hall–Kier alpha value is -3.35. The van der Waals surface area contributed by atoms with Gasteiger partial charge in [0.05, 0.1) is 5.69 Å². The minimum Gasteiger partial charge on any atom is -0.345 e. The Balaban J connectivity index is 1.84. The first-order valence-electron chi connectivity index (χ1n) is 7.67. The molecule has 0 aliphatic carbocycles. The van der Waals surface area contributed by atoms with Gasteiger partial charge in [0.25, 0.3) is 5.91 Å². The van der Waals surface area contributed by atoms with Gasteiger partial charge in [-0.15, -0.1) is 0 Å². The first-order valence-corrected chi connectivity index (χ1v) is 7.67. The van der Waals surface area contributed by atoms with Crippen LogP contribution in [-0.4, -0.2) is 17.9 Å². The highest BCUT2D eigenvalue weighted by molar-refractivity contribution is 6.03. The lowest BCUT2D eigenvalue weighted by Gasteiger charge is -2.19. The van der Waals surface area contributed by atoms with Crippen molar-refractivity contribution < 1.29 is 18.0 Å². The molecule has 1 heterocycles. The second-order valence-electron chi connectivity index (χ2n) is 5.47. The summed E-state index contributed by atoms with van der Waals surface area (Å²) in [5, 5.41) is 2.20. The van der Waals surface area contributed by atoms with Crippen molar-refractivity contribution in [1.82, 2.24) is 4.98 Å². The molecule has 1 amide bonds. The highest BCUT2D eigenvalue weighted by atomic mass is 19.2. The molecular weight excluding hydrogens is 343 g/mol. The SMILES string of the molecule is CN(c1ccccc1)c1ccnc(C(=O)Nc2ccc(F)c(F)c2F)c1. The van der Waals surface area contributed by atoms with Crippen molar-refractivity contribution >= 4 is 23.0 Å². The number of amides is 1. The van der Waals surface area contributed by atoms with Crippen molar-refractivity contribution in [1.29, 1.82) is 0 Å². The normalized spacial score (nSPS) is 10.5. The summed E-state index contributed by atoms with van der Waals surface area (Å²) in [7, 11) is 1.82. The van der Waals surface area contributed by atoms with Crippen LogP contribution in [0.5, 0.6) is 0 Å². The van der Waals surface area contributed by atoms with Crippen LogP contribution >= 0.6 is 0 Å². The average molecular weight is 357 g/mol. The number of benzene rings is 2. The number of rotatable bonds is 4. The summed E-state index contributed by atoms with van der Waals surface area (Å²) >= 11 is 0. The maximum atomic E-state index is 13.7. The molecule has 0 unspecified atom stereocenters. The highest BCUT2D eigenvalue weighted by Crippen LogP contribution is 2.24. The smallest absolute Gasteiger partial charge is 0.274 e. The summed E-state index contributed by atoms with van der Waals surface area (Å²) in [6, 6.07) is 14.4. The van der Waals surface area contributed by atoms with E-state index < -0.39 is 29.0 Å². The number of anilines is 3. The number of pyridine rings is 1. The van der Waals surface area contributed by atoms with Crippen LogP contribution in [-0.2, 0) is 0 Å². The maximum absolute atomic E-state index is 13.7. The number of hydrogen-bond acceptors (Lipinski definition) is 3. The molecule has 0 spiro atoms. The Morgan fingerprint density at radius 3 is 2.42 bits per heavy atom. The molecular formula is C19H14F3N3O. The van der Waals surface area contributed by atoms with Crippen molar-refractivity contribution in [2.45, 2.75) is 0 Å². The zero-order chi connectivity index (χ0) is 18.7. The van der Waals surface area contributed by atoms with Gasteiger partial charge in [-0.3, -0.25) is 9.78 Å². The molecule has 1 aromatic heterocycles. The fourth-order valence-corrected chi connectivity index (χ4v) is 2.36. The molecule has 0 aliphatic rings. The van der Waals surface area contributed by atoms with Crippen LogP contribution in [0.4, 0.5) is 30.2 Å². The molecule has 2 aromatic carbocycles. The van der Waals surface area contributed by atoms with E-state index in [1.165, 1.54) is 12.3 Å². The summed E-state index contributed by atoms with van der Waals surface area (Å²) in [6.07, 6.45) is 1.44. The molecule has 0 saturated heterocycles. The van der Waals surface area contributed by atoms with Gasteiger partial charge < -0.3 is 10.2 Å². The lowest BCUT2D eigenvalue weighted by molar-refractivity contribution is 0.102. The predicted octanol–water partition coefficient (Wildman–Crippen LogP) is 4.52. The van der Waals surface area contributed by atoms with Gasteiger partial charge >= 0.3 is 0 Å². The zero-order valence-electron chi connectivity index (χ0n) is 13.7. The lowest BCUT2D eigenvalue weighted by atomic mass is 10.2. The number of nitrogens with zero attached hydrogens (tertiary/aromatic N) is 2. The van der Waals surface area contributed by atoms with Crippen LogP contribution in [0.25, 0.3) is 0 Å². The van der Waals surface area contributed by atoms with Gasteiger partial charge in [0.15, 0.2) is 17.5 Å². The maximum Gasteiger partial charge on any atom is 0.274 e. The number of para-hydroxylation sites is 1. The third-order valence-corrected chi connectivity index (χ3v) is 3.79. The van der Waals surface area contributed by atoms with E-state index in [4.69, 9.17) is 0 Å². The third kappa shape index (κ3) is 3.51. The van der Waals surface area contributed by atoms with Crippen LogP contribution in [0.3, 0.4) is 0 Å². The first kappa shape index (κ1) is 17.5. The van der Waals surface area contributed by atoms with Gasteiger partial charge in [-0.25, -0.2) is 13.2 Å². The van der Waals surface area contributed by atoms with E-state index in [1.54, 1.807) is 6.07 Å². The van der Waals surface area contributed by atoms with Crippen LogP contribution in [0.1, 0.15) is 10.5 Å². The minimum absolute atomic E-state index is 0.00872. The zero-order valence-corrected chi connectivity index (χ0v) is 13.7. The second kappa shape index (κ2) is 7.26. The molecule has 0 aliphatic heterocycles. The summed E-state index contributed by atoms with van der Waals surface area (Å²) in [4.78, 5) is 18.1. The quantitative estimate of drug-likeness (QED) is 0.699. The Labute approximate surface area is 147 Å². The molecule has 4 nitrogen and oxygen atoms in total. The Morgan fingerprint density at radius 1 is 0.962 bits per heavy atom. The molecule has 0 saturated carbocycles. The molecule has 0 radical (unpaired) electrons.